The normalized spacial score (nSPS) is 17.3. The summed E-state index contributed by atoms with van der Waals surface area (Å²) in [5.74, 6) is 0.825. The fourth-order valence-corrected chi connectivity index (χ4v) is 2.62. The number of hydrogen-bond donors (Lipinski definition) is 2. The van der Waals surface area contributed by atoms with Crippen molar-refractivity contribution in [2.75, 3.05) is 29.9 Å². The highest BCUT2D eigenvalue weighted by molar-refractivity contribution is 6.02. The van der Waals surface area contributed by atoms with E-state index in [1.54, 1.807) is 4.90 Å². The van der Waals surface area contributed by atoms with Crippen LogP contribution in [0.3, 0.4) is 0 Å². The number of hydrogen-bond acceptors (Lipinski definition) is 3. The maximum atomic E-state index is 12.0. The SMILES string of the molecule is Cl.O=C(CNCC1CC1)Nc1ccccc1N1CCCC1=O. The lowest BCUT2D eigenvalue weighted by Gasteiger charge is -2.20. The van der Waals surface area contributed by atoms with Crippen molar-refractivity contribution in [3.05, 3.63) is 24.3 Å². The lowest BCUT2D eigenvalue weighted by Crippen LogP contribution is -2.31. The Hall–Kier alpha value is -1.59. The summed E-state index contributed by atoms with van der Waals surface area (Å²) in [6.07, 6.45) is 4.01. The van der Waals surface area contributed by atoms with Crippen molar-refractivity contribution in [2.45, 2.75) is 25.7 Å². The molecule has 1 heterocycles. The average molecular weight is 324 g/mol. The van der Waals surface area contributed by atoms with Crippen LogP contribution >= 0.6 is 12.4 Å². The largest absolute Gasteiger partial charge is 0.323 e. The van der Waals surface area contributed by atoms with E-state index in [0.717, 1.165) is 31.1 Å². The molecule has 6 heteroatoms. The van der Waals surface area contributed by atoms with Gasteiger partial charge < -0.3 is 15.5 Å². The molecule has 1 aromatic carbocycles. The number of para-hydroxylation sites is 2. The molecular weight excluding hydrogens is 302 g/mol. The number of nitrogens with one attached hydrogen (secondary N) is 2. The summed E-state index contributed by atoms with van der Waals surface area (Å²) in [7, 11) is 0. The number of carbonyl (C=O) groups excluding carboxylic acids is 2. The maximum absolute atomic E-state index is 12.0. The lowest BCUT2D eigenvalue weighted by atomic mass is 10.2. The number of rotatable bonds is 6. The minimum absolute atomic E-state index is 0. The third-order valence-electron chi connectivity index (χ3n) is 3.96. The fourth-order valence-electron chi connectivity index (χ4n) is 2.62. The van der Waals surface area contributed by atoms with E-state index in [1.165, 1.54) is 12.8 Å². The molecule has 0 bridgehead atoms. The Morgan fingerprint density at radius 3 is 2.73 bits per heavy atom. The van der Waals surface area contributed by atoms with Crippen LogP contribution in [0.1, 0.15) is 25.7 Å². The van der Waals surface area contributed by atoms with Crippen LogP contribution in [0.5, 0.6) is 0 Å². The number of amides is 2. The van der Waals surface area contributed by atoms with Crippen molar-refractivity contribution < 1.29 is 9.59 Å². The molecule has 3 rings (SSSR count). The second-order valence-electron chi connectivity index (χ2n) is 5.79. The van der Waals surface area contributed by atoms with Crippen LogP contribution in [0, 0.1) is 5.92 Å². The average Bonchev–Trinajstić information content (AvgIpc) is 3.20. The molecule has 1 saturated carbocycles. The molecule has 120 valence electrons. The minimum Gasteiger partial charge on any atom is -0.323 e. The second-order valence-corrected chi connectivity index (χ2v) is 5.79. The number of nitrogens with zero attached hydrogens (tertiary/aromatic N) is 1. The molecular formula is C16H22ClN3O2. The monoisotopic (exact) mass is 323 g/mol. The summed E-state index contributed by atoms with van der Waals surface area (Å²) in [6, 6.07) is 7.50. The highest BCUT2D eigenvalue weighted by atomic mass is 35.5. The van der Waals surface area contributed by atoms with Crippen LogP contribution in [-0.4, -0.2) is 31.4 Å². The van der Waals surface area contributed by atoms with E-state index in [-0.39, 0.29) is 24.2 Å². The summed E-state index contributed by atoms with van der Waals surface area (Å²) in [4.78, 5) is 25.6. The number of halogens is 1. The zero-order valence-corrected chi connectivity index (χ0v) is 13.3. The van der Waals surface area contributed by atoms with Gasteiger partial charge in [-0.3, -0.25) is 9.59 Å². The number of benzene rings is 1. The first kappa shape index (κ1) is 16.8. The van der Waals surface area contributed by atoms with E-state index in [0.29, 0.717) is 18.7 Å². The molecule has 2 N–H and O–H groups in total. The third kappa shape index (κ3) is 4.21. The van der Waals surface area contributed by atoms with Gasteiger partial charge in [-0.05, 0) is 43.9 Å². The van der Waals surface area contributed by atoms with Crippen molar-refractivity contribution >= 4 is 35.6 Å². The van der Waals surface area contributed by atoms with Gasteiger partial charge in [0.15, 0.2) is 0 Å². The highest BCUT2D eigenvalue weighted by Gasteiger charge is 2.24. The van der Waals surface area contributed by atoms with Crippen molar-refractivity contribution in [3.63, 3.8) is 0 Å². The predicted molar refractivity (Wildman–Crippen MR) is 89.5 cm³/mol. The van der Waals surface area contributed by atoms with E-state index in [4.69, 9.17) is 0 Å². The topological polar surface area (TPSA) is 61.4 Å². The Morgan fingerprint density at radius 2 is 2.05 bits per heavy atom. The van der Waals surface area contributed by atoms with Gasteiger partial charge in [-0.2, -0.15) is 0 Å². The van der Waals surface area contributed by atoms with Gasteiger partial charge >= 0.3 is 0 Å². The molecule has 2 fully saturated rings. The van der Waals surface area contributed by atoms with E-state index < -0.39 is 0 Å². The Bertz CT molecular complexity index is 546. The Labute approximate surface area is 136 Å². The van der Waals surface area contributed by atoms with Crippen LogP contribution in [0.2, 0.25) is 0 Å². The van der Waals surface area contributed by atoms with Gasteiger partial charge in [0.2, 0.25) is 11.8 Å². The van der Waals surface area contributed by atoms with Gasteiger partial charge in [0.05, 0.1) is 17.9 Å². The number of anilines is 2. The first-order chi connectivity index (χ1) is 10.2. The standard InChI is InChI=1S/C16H21N3O2.ClH/c20-15(11-17-10-12-7-8-12)18-13-4-1-2-5-14(13)19-9-3-6-16(19)21;/h1-2,4-5,12,17H,3,6-11H2,(H,18,20);1H. The van der Waals surface area contributed by atoms with Crippen LogP contribution in [-0.2, 0) is 9.59 Å². The van der Waals surface area contributed by atoms with Crippen molar-refractivity contribution in [1.82, 2.24) is 5.32 Å². The molecule has 22 heavy (non-hydrogen) atoms. The van der Waals surface area contributed by atoms with Crippen LogP contribution in [0.25, 0.3) is 0 Å². The van der Waals surface area contributed by atoms with Gasteiger partial charge in [0, 0.05) is 13.0 Å². The quantitative estimate of drug-likeness (QED) is 0.843. The summed E-state index contributed by atoms with van der Waals surface area (Å²) >= 11 is 0. The van der Waals surface area contributed by atoms with Crippen molar-refractivity contribution in [3.8, 4) is 0 Å². The van der Waals surface area contributed by atoms with Gasteiger partial charge in [0.25, 0.3) is 0 Å². The van der Waals surface area contributed by atoms with E-state index >= 15 is 0 Å². The van der Waals surface area contributed by atoms with Crippen LogP contribution < -0.4 is 15.5 Å². The first-order valence-corrected chi connectivity index (χ1v) is 7.64. The zero-order valence-electron chi connectivity index (χ0n) is 12.5. The van der Waals surface area contributed by atoms with Gasteiger partial charge in [-0.25, -0.2) is 0 Å². The Morgan fingerprint density at radius 1 is 1.27 bits per heavy atom. The minimum atomic E-state index is -0.0604. The first-order valence-electron chi connectivity index (χ1n) is 7.64. The van der Waals surface area contributed by atoms with E-state index in [2.05, 4.69) is 10.6 Å². The molecule has 0 unspecified atom stereocenters. The number of carbonyl (C=O) groups is 2. The molecule has 1 aliphatic heterocycles. The van der Waals surface area contributed by atoms with Crippen LogP contribution in [0.15, 0.2) is 24.3 Å². The molecule has 2 aliphatic rings. The van der Waals surface area contributed by atoms with Gasteiger partial charge in [0.1, 0.15) is 0 Å². The molecule has 5 nitrogen and oxygen atoms in total. The van der Waals surface area contributed by atoms with Gasteiger partial charge in [-0.15, -0.1) is 12.4 Å². The van der Waals surface area contributed by atoms with Crippen LogP contribution in [0.4, 0.5) is 11.4 Å². The molecule has 1 aromatic rings. The second kappa shape index (κ2) is 7.61. The predicted octanol–water partition coefficient (Wildman–Crippen LogP) is 2.17. The molecule has 0 aromatic heterocycles. The Balaban J connectivity index is 0.00000176. The van der Waals surface area contributed by atoms with Crippen molar-refractivity contribution in [2.24, 2.45) is 5.92 Å². The molecule has 2 amide bonds. The summed E-state index contributed by atoms with van der Waals surface area (Å²) < 4.78 is 0. The van der Waals surface area contributed by atoms with E-state index in [1.807, 2.05) is 24.3 Å². The summed E-state index contributed by atoms with van der Waals surface area (Å²) in [5.41, 5.74) is 1.52. The van der Waals surface area contributed by atoms with E-state index in [9.17, 15) is 9.59 Å². The third-order valence-corrected chi connectivity index (χ3v) is 3.96. The fraction of sp³-hybridized carbons (Fsp3) is 0.500. The Kier molecular flexibility index (Phi) is 5.80. The molecule has 0 atom stereocenters. The van der Waals surface area contributed by atoms with Gasteiger partial charge in [-0.1, -0.05) is 12.1 Å². The zero-order chi connectivity index (χ0) is 14.7. The molecule has 1 aliphatic carbocycles. The lowest BCUT2D eigenvalue weighted by molar-refractivity contribution is -0.117. The molecule has 0 radical (unpaired) electrons. The van der Waals surface area contributed by atoms with Crippen molar-refractivity contribution in [1.29, 1.82) is 0 Å². The maximum Gasteiger partial charge on any atom is 0.238 e. The summed E-state index contributed by atoms with van der Waals surface area (Å²) in [5, 5.41) is 6.08. The molecule has 1 saturated heterocycles. The highest BCUT2D eigenvalue weighted by Crippen LogP contribution is 2.29. The smallest absolute Gasteiger partial charge is 0.238 e. The molecule has 0 spiro atoms. The summed E-state index contributed by atoms with van der Waals surface area (Å²) in [6.45, 7) is 1.96.